The van der Waals surface area contributed by atoms with Crippen molar-refractivity contribution in [1.29, 1.82) is 0 Å². The third-order valence-corrected chi connectivity index (χ3v) is 4.63. The minimum Gasteiger partial charge on any atom is -0.497 e. The zero-order valence-corrected chi connectivity index (χ0v) is 14.9. The molecule has 0 spiro atoms. The van der Waals surface area contributed by atoms with Crippen molar-refractivity contribution in [2.45, 2.75) is 0 Å². The molecule has 0 radical (unpaired) electrons. The second-order valence-corrected chi connectivity index (χ2v) is 6.41. The number of hydrogen-bond donors (Lipinski definition) is 0. The summed E-state index contributed by atoms with van der Waals surface area (Å²) in [5, 5.41) is 0.665. The zero-order chi connectivity index (χ0) is 18.1. The Balaban J connectivity index is 1.93. The molecule has 4 heteroatoms. The number of carbonyl (C=O) groups excluding carboxylic acids is 1. The van der Waals surface area contributed by atoms with Crippen LogP contribution in [0, 0.1) is 0 Å². The fraction of sp³-hybridized carbons (Fsp3) is 0.0455. The monoisotopic (exact) mass is 361 g/mol. The molecule has 4 rings (SSSR count). The zero-order valence-electron chi connectivity index (χ0n) is 14.1. The molecule has 0 N–H and O–H groups in total. The number of halogens is 1. The number of ketones is 1. The molecule has 0 amide bonds. The summed E-state index contributed by atoms with van der Waals surface area (Å²) in [4.78, 5) is 13.3. The summed E-state index contributed by atoms with van der Waals surface area (Å²) >= 11 is 6.02. The molecule has 0 aliphatic heterocycles. The average Bonchev–Trinajstić information content (AvgIpc) is 3.07. The van der Waals surface area contributed by atoms with Crippen LogP contribution in [0.1, 0.15) is 16.1 Å². The Kier molecular flexibility index (Phi) is 4.23. The molecule has 3 nitrogen and oxygen atoms in total. The lowest BCUT2D eigenvalue weighted by molar-refractivity contribution is 0.103. The highest BCUT2D eigenvalue weighted by Crippen LogP contribution is 2.31. The van der Waals surface area contributed by atoms with Crippen molar-refractivity contribution >= 4 is 22.9 Å². The fourth-order valence-electron chi connectivity index (χ4n) is 3.11. The van der Waals surface area contributed by atoms with Gasteiger partial charge in [-0.3, -0.25) is 4.79 Å². The number of aromatic nitrogens is 1. The van der Waals surface area contributed by atoms with Crippen LogP contribution in [0.5, 0.6) is 5.75 Å². The predicted molar refractivity (Wildman–Crippen MR) is 104 cm³/mol. The lowest BCUT2D eigenvalue weighted by Crippen LogP contribution is -2.07. The summed E-state index contributed by atoms with van der Waals surface area (Å²) in [6.07, 6.45) is 1.90. The first kappa shape index (κ1) is 16.4. The van der Waals surface area contributed by atoms with Gasteiger partial charge in [0.05, 0.1) is 7.11 Å². The first-order chi connectivity index (χ1) is 12.7. The standard InChI is InChI=1S/C22H16ClNO2/c1-26-19-7-4-5-16(13-19)22(25)21-20(15-8-10-17(23)11-9-15)14-18-6-2-3-12-24(18)21/h2-14H,1H3. The van der Waals surface area contributed by atoms with E-state index in [-0.39, 0.29) is 5.78 Å². The summed E-state index contributed by atoms with van der Waals surface area (Å²) in [6.45, 7) is 0. The van der Waals surface area contributed by atoms with Gasteiger partial charge in [0.1, 0.15) is 11.4 Å². The third-order valence-electron chi connectivity index (χ3n) is 4.38. The maximum atomic E-state index is 13.3. The van der Waals surface area contributed by atoms with Gasteiger partial charge in [0.2, 0.25) is 5.78 Å². The van der Waals surface area contributed by atoms with Crippen LogP contribution in [0.25, 0.3) is 16.6 Å². The maximum Gasteiger partial charge on any atom is 0.210 e. The van der Waals surface area contributed by atoms with Gasteiger partial charge in [0, 0.05) is 27.9 Å². The number of hydrogen-bond acceptors (Lipinski definition) is 2. The second-order valence-electron chi connectivity index (χ2n) is 5.97. The smallest absolute Gasteiger partial charge is 0.210 e. The van der Waals surface area contributed by atoms with Crippen molar-refractivity contribution in [2.24, 2.45) is 0 Å². The van der Waals surface area contributed by atoms with Crippen LogP contribution in [0.2, 0.25) is 5.02 Å². The fourth-order valence-corrected chi connectivity index (χ4v) is 3.23. The molecule has 0 unspecified atom stereocenters. The Morgan fingerprint density at radius 3 is 2.54 bits per heavy atom. The lowest BCUT2D eigenvalue weighted by Gasteiger charge is -2.08. The van der Waals surface area contributed by atoms with Crippen LogP contribution in [0.4, 0.5) is 0 Å². The Morgan fingerprint density at radius 2 is 1.77 bits per heavy atom. The first-order valence-electron chi connectivity index (χ1n) is 8.22. The van der Waals surface area contributed by atoms with Gasteiger partial charge in [0.15, 0.2) is 0 Å². The van der Waals surface area contributed by atoms with E-state index in [1.165, 1.54) is 0 Å². The number of methoxy groups -OCH3 is 1. The molecular formula is C22H16ClNO2. The topological polar surface area (TPSA) is 30.7 Å². The second kappa shape index (κ2) is 6.70. The van der Waals surface area contributed by atoms with Crippen molar-refractivity contribution in [1.82, 2.24) is 4.40 Å². The van der Waals surface area contributed by atoms with E-state index in [9.17, 15) is 4.79 Å². The summed E-state index contributed by atoms with van der Waals surface area (Å²) in [7, 11) is 1.59. The minimum absolute atomic E-state index is 0.0555. The number of rotatable bonds is 4. The minimum atomic E-state index is -0.0555. The summed E-state index contributed by atoms with van der Waals surface area (Å²) in [6, 6.07) is 22.6. The molecule has 2 heterocycles. The highest BCUT2D eigenvalue weighted by Gasteiger charge is 2.20. The van der Waals surface area contributed by atoms with Gasteiger partial charge in [-0.05, 0) is 48.0 Å². The summed E-state index contributed by atoms with van der Waals surface area (Å²) in [5.41, 5.74) is 3.99. The van der Waals surface area contributed by atoms with Crippen molar-refractivity contribution in [3.8, 4) is 16.9 Å². The number of fused-ring (bicyclic) bond motifs is 1. The SMILES string of the molecule is COc1cccc(C(=O)c2c(-c3ccc(Cl)cc3)cc3ccccn23)c1. The quantitative estimate of drug-likeness (QED) is 0.449. The predicted octanol–water partition coefficient (Wildman–Crippen LogP) is 5.50. The van der Waals surface area contributed by atoms with Crippen LogP contribution < -0.4 is 4.74 Å². The first-order valence-corrected chi connectivity index (χ1v) is 8.60. The maximum absolute atomic E-state index is 13.3. The Bertz CT molecular complexity index is 1100. The Morgan fingerprint density at radius 1 is 0.962 bits per heavy atom. The van der Waals surface area contributed by atoms with Gasteiger partial charge in [-0.1, -0.05) is 41.9 Å². The van der Waals surface area contributed by atoms with Gasteiger partial charge in [0.25, 0.3) is 0 Å². The van der Waals surface area contributed by atoms with Crippen LogP contribution in [-0.2, 0) is 0 Å². The summed E-state index contributed by atoms with van der Waals surface area (Å²) < 4.78 is 7.19. The average molecular weight is 362 g/mol. The van der Waals surface area contributed by atoms with Crippen molar-refractivity contribution in [3.63, 3.8) is 0 Å². The molecule has 0 aliphatic rings. The molecule has 0 saturated heterocycles. The number of benzene rings is 2. The molecule has 0 aliphatic carbocycles. The van der Waals surface area contributed by atoms with Crippen molar-refractivity contribution in [2.75, 3.05) is 7.11 Å². The van der Waals surface area contributed by atoms with Gasteiger partial charge >= 0.3 is 0 Å². The van der Waals surface area contributed by atoms with Gasteiger partial charge in [-0.15, -0.1) is 0 Å². The van der Waals surface area contributed by atoms with E-state index in [1.54, 1.807) is 19.2 Å². The highest BCUT2D eigenvalue weighted by atomic mass is 35.5. The number of nitrogens with zero attached hydrogens (tertiary/aromatic N) is 1. The van der Waals surface area contributed by atoms with E-state index in [2.05, 4.69) is 0 Å². The molecule has 0 fully saturated rings. The van der Waals surface area contributed by atoms with Crippen LogP contribution in [-0.4, -0.2) is 17.3 Å². The lowest BCUT2D eigenvalue weighted by atomic mass is 10.00. The molecule has 0 atom stereocenters. The number of ether oxygens (including phenoxy) is 1. The normalized spacial score (nSPS) is 10.8. The molecule has 0 saturated carbocycles. The van der Waals surface area contributed by atoms with E-state index < -0.39 is 0 Å². The Labute approximate surface area is 156 Å². The van der Waals surface area contributed by atoms with Crippen molar-refractivity contribution in [3.05, 3.63) is 95.3 Å². The van der Waals surface area contributed by atoms with E-state index in [1.807, 2.05) is 71.3 Å². The molecule has 0 bridgehead atoms. The van der Waals surface area contributed by atoms with E-state index in [0.29, 0.717) is 22.0 Å². The summed E-state index contributed by atoms with van der Waals surface area (Å²) in [5.74, 6) is 0.602. The number of carbonyl (C=O) groups is 1. The van der Waals surface area contributed by atoms with Gasteiger partial charge in [-0.25, -0.2) is 0 Å². The third kappa shape index (κ3) is 2.87. The van der Waals surface area contributed by atoms with E-state index in [4.69, 9.17) is 16.3 Å². The molecule has 26 heavy (non-hydrogen) atoms. The molecule has 128 valence electrons. The molecule has 2 aromatic carbocycles. The molecular weight excluding hydrogens is 346 g/mol. The van der Waals surface area contributed by atoms with E-state index in [0.717, 1.165) is 16.6 Å². The number of pyridine rings is 1. The Hall–Kier alpha value is -3.04. The molecule has 4 aromatic rings. The molecule has 2 aromatic heterocycles. The van der Waals surface area contributed by atoms with Gasteiger partial charge < -0.3 is 9.14 Å². The van der Waals surface area contributed by atoms with Crippen LogP contribution in [0.3, 0.4) is 0 Å². The van der Waals surface area contributed by atoms with E-state index >= 15 is 0 Å². The van der Waals surface area contributed by atoms with Gasteiger partial charge in [-0.2, -0.15) is 0 Å². The van der Waals surface area contributed by atoms with Crippen LogP contribution >= 0.6 is 11.6 Å². The van der Waals surface area contributed by atoms with Crippen LogP contribution in [0.15, 0.2) is 79.0 Å². The highest BCUT2D eigenvalue weighted by molar-refractivity contribution is 6.30. The largest absolute Gasteiger partial charge is 0.497 e. The van der Waals surface area contributed by atoms with Crippen molar-refractivity contribution < 1.29 is 9.53 Å².